The average molecular weight is 575 g/mol. The maximum absolute atomic E-state index is 13.7. The molecule has 5 rings (SSSR count). The molecule has 0 bridgehead atoms. The first-order chi connectivity index (χ1) is 18.3. The predicted molar refractivity (Wildman–Crippen MR) is 149 cm³/mol. The zero-order valence-corrected chi connectivity index (χ0v) is 21.9. The third-order valence-electron chi connectivity index (χ3n) is 6.58. The van der Waals surface area contributed by atoms with Crippen LogP contribution < -0.4 is 20.3 Å². The second-order valence-electron chi connectivity index (χ2n) is 8.85. The summed E-state index contributed by atoms with van der Waals surface area (Å²) in [5, 5.41) is 12.9. The van der Waals surface area contributed by atoms with Crippen molar-refractivity contribution in [2.24, 2.45) is 5.73 Å². The van der Waals surface area contributed by atoms with E-state index in [1.54, 1.807) is 36.3 Å². The smallest absolute Gasteiger partial charge is 0.269 e. The molecule has 1 aliphatic rings. The Kier molecular flexibility index (Phi) is 6.83. The highest BCUT2D eigenvalue weighted by atomic mass is 79.9. The second-order valence-corrected chi connectivity index (χ2v) is 9.77. The molecule has 2 N–H and O–H groups in total. The van der Waals surface area contributed by atoms with E-state index in [1.807, 2.05) is 30.3 Å². The van der Waals surface area contributed by atoms with E-state index >= 15 is 0 Å². The van der Waals surface area contributed by atoms with Crippen LogP contribution in [0.4, 0.5) is 17.1 Å². The van der Waals surface area contributed by atoms with E-state index in [0.29, 0.717) is 17.1 Å². The van der Waals surface area contributed by atoms with E-state index in [2.05, 4.69) is 15.9 Å². The number of anilines is 2. The number of methoxy groups -OCH3 is 1. The summed E-state index contributed by atoms with van der Waals surface area (Å²) in [6.07, 6.45) is 0. The van der Waals surface area contributed by atoms with Crippen molar-refractivity contribution in [2.75, 3.05) is 23.5 Å². The third kappa shape index (κ3) is 4.59. The van der Waals surface area contributed by atoms with Gasteiger partial charge >= 0.3 is 0 Å². The number of ether oxygens (including phenoxy) is 1. The lowest BCUT2D eigenvalue weighted by Gasteiger charge is -2.26. The van der Waals surface area contributed by atoms with Gasteiger partial charge in [-0.2, -0.15) is 0 Å². The number of para-hydroxylation sites is 2. The number of hydrogen-bond donors (Lipinski definition) is 1. The van der Waals surface area contributed by atoms with Gasteiger partial charge in [0.15, 0.2) is 0 Å². The van der Waals surface area contributed by atoms with Crippen LogP contribution in [0.1, 0.15) is 15.9 Å². The van der Waals surface area contributed by atoms with Gasteiger partial charge in [0.25, 0.3) is 11.6 Å². The molecule has 9 nitrogen and oxygen atoms in total. The van der Waals surface area contributed by atoms with Gasteiger partial charge < -0.3 is 20.3 Å². The first-order valence-electron chi connectivity index (χ1n) is 11.8. The molecular formula is C28H23BrN4O5. The molecule has 4 aromatic carbocycles. The van der Waals surface area contributed by atoms with Crippen molar-refractivity contribution in [1.82, 2.24) is 0 Å². The molecule has 2 amide bonds. The summed E-state index contributed by atoms with van der Waals surface area (Å²) < 4.78 is 6.59. The minimum Gasteiger partial charge on any atom is -0.496 e. The molecule has 0 saturated heterocycles. The maximum atomic E-state index is 13.7. The van der Waals surface area contributed by atoms with Crippen LogP contribution in [0.3, 0.4) is 0 Å². The molecular weight excluding hydrogens is 552 g/mol. The first kappa shape index (κ1) is 25.4. The van der Waals surface area contributed by atoms with Crippen LogP contribution in [0.2, 0.25) is 0 Å². The molecule has 0 fully saturated rings. The molecule has 10 heteroatoms. The van der Waals surface area contributed by atoms with E-state index < -0.39 is 16.9 Å². The van der Waals surface area contributed by atoms with Gasteiger partial charge in [-0.15, -0.1) is 0 Å². The van der Waals surface area contributed by atoms with Crippen molar-refractivity contribution in [3.63, 3.8) is 0 Å². The van der Waals surface area contributed by atoms with Crippen molar-refractivity contribution in [1.29, 1.82) is 0 Å². The Morgan fingerprint density at radius 1 is 1.08 bits per heavy atom. The summed E-state index contributed by atoms with van der Waals surface area (Å²) in [5.41, 5.74) is 8.34. The average Bonchev–Trinajstić information content (AvgIpc) is 3.03. The van der Waals surface area contributed by atoms with Gasteiger partial charge in [0, 0.05) is 27.7 Å². The van der Waals surface area contributed by atoms with E-state index in [-0.39, 0.29) is 30.2 Å². The largest absolute Gasteiger partial charge is 0.496 e. The standard InChI is InChI=1S/C28H23BrN4O5/c1-38-26-13-8-18-14-19(29)9-12-21(18)22(26)15-31-24-4-2-3-5-25(24)32(16-23(30)28(31)35)27(34)17-6-10-20(11-7-17)33(36)37/h2-14,23H,15-16,30H2,1H3. The van der Waals surface area contributed by atoms with Crippen LogP contribution in [-0.2, 0) is 11.3 Å². The van der Waals surface area contributed by atoms with E-state index in [0.717, 1.165) is 20.8 Å². The van der Waals surface area contributed by atoms with E-state index in [1.165, 1.54) is 29.2 Å². The Morgan fingerprint density at radius 2 is 1.79 bits per heavy atom. The Morgan fingerprint density at radius 3 is 2.47 bits per heavy atom. The monoisotopic (exact) mass is 574 g/mol. The molecule has 0 spiro atoms. The van der Waals surface area contributed by atoms with Crippen LogP contribution in [0, 0.1) is 10.1 Å². The highest BCUT2D eigenvalue weighted by molar-refractivity contribution is 9.10. The summed E-state index contributed by atoms with van der Waals surface area (Å²) in [6, 6.07) is 21.2. The molecule has 0 radical (unpaired) electrons. The Labute approximate surface area is 226 Å². The Hall–Kier alpha value is -4.28. The van der Waals surface area contributed by atoms with E-state index in [9.17, 15) is 19.7 Å². The minimum atomic E-state index is -1.00. The number of rotatable bonds is 5. The summed E-state index contributed by atoms with van der Waals surface area (Å²) in [4.78, 5) is 40.8. The number of benzene rings is 4. The van der Waals surface area contributed by atoms with Crippen molar-refractivity contribution in [3.05, 3.63) is 105 Å². The quantitative estimate of drug-likeness (QED) is 0.263. The van der Waals surface area contributed by atoms with Gasteiger partial charge in [-0.1, -0.05) is 40.2 Å². The number of nitrogens with two attached hydrogens (primary N) is 1. The predicted octanol–water partition coefficient (Wildman–Crippen LogP) is 5.04. The molecule has 0 aromatic heterocycles. The van der Waals surface area contributed by atoms with Crippen LogP contribution in [-0.4, -0.2) is 36.4 Å². The number of nitro groups is 1. The molecule has 1 unspecified atom stereocenters. The van der Waals surface area contributed by atoms with E-state index in [4.69, 9.17) is 10.5 Å². The number of amides is 2. The van der Waals surface area contributed by atoms with Crippen molar-refractivity contribution in [3.8, 4) is 5.75 Å². The fraction of sp³-hybridized carbons (Fsp3) is 0.143. The van der Waals surface area contributed by atoms with Gasteiger partial charge in [-0.05, 0) is 53.2 Å². The van der Waals surface area contributed by atoms with Crippen LogP contribution in [0.15, 0.2) is 83.3 Å². The molecule has 0 aliphatic carbocycles. The number of carbonyl (C=O) groups excluding carboxylic acids is 2. The molecule has 1 heterocycles. The van der Waals surface area contributed by atoms with Crippen molar-refractivity contribution in [2.45, 2.75) is 12.6 Å². The van der Waals surface area contributed by atoms with Gasteiger partial charge in [0.05, 0.1) is 36.5 Å². The highest BCUT2D eigenvalue weighted by Crippen LogP contribution is 2.37. The minimum absolute atomic E-state index is 0.0538. The van der Waals surface area contributed by atoms with Gasteiger partial charge in [-0.25, -0.2) is 0 Å². The summed E-state index contributed by atoms with van der Waals surface area (Å²) in [6.45, 7) is 0.118. The lowest BCUT2D eigenvalue weighted by Crippen LogP contribution is -2.48. The summed E-state index contributed by atoms with van der Waals surface area (Å²) >= 11 is 3.51. The first-order valence-corrected chi connectivity index (χ1v) is 12.5. The number of non-ortho nitro benzene ring substituents is 1. The zero-order chi connectivity index (χ0) is 27.0. The Bertz CT molecular complexity index is 1570. The fourth-order valence-corrected chi connectivity index (χ4v) is 5.09. The van der Waals surface area contributed by atoms with Crippen LogP contribution in [0.5, 0.6) is 5.75 Å². The summed E-state index contributed by atoms with van der Waals surface area (Å²) in [7, 11) is 1.58. The number of halogens is 1. The van der Waals surface area contributed by atoms with Crippen LogP contribution >= 0.6 is 15.9 Å². The molecule has 1 atom stereocenters. The number of fused-ring (bicyclic) bond motifs is 2. The zero-order valence-electron chi connectivity index (χ0n) is 20.3. The normalized spacial score (nSPS) is 15.2. The number of hydrogen-bond acceptors (Lipinski definition) is 6. The topological polar surface area (TPSA) is 119 Å². The fourth-order valence-electron chi connectivity index (χ4n) is 4.71. The molecule has 1 aliphatic heterocycles. The Balaban J connectivity index is 1.59. The highest BCUT2D eigenvalue weighted by Gasteiger charge is 2.35. The maximum Gasteiger partial charge on any atom is 0.269 e. The number of nitrogens with zero attached hydrogens (tertiary/aromatic N) is 3. The van der Waals surface area contributed by atoms with Gasteiger partial charge in [-0.3, -0.25) is 19.7 Å². The second kappa shape index (κ2) is 10.2. The van der Waals surface area contributed by atoms with Gasteiger partial charge in [0.2, 0.25) is 5.91 Å². The summed E-state index contributed by atoms with van der Waals surface area (Å²) in [5.74, 6) is -0.126. The molecule has 38 heavy (non-hydrogen) atoms. The third-order valence-corrected chi connectivity index (χ3v) is 7.08. The molecule has 192 valence electrons. The van der Waals surface area contributed by atoms with Crippen molar-refractivity contribution >= 4 is 55.6 Å². The van der Waals surface area contributed by atoms with Crippen molar-refractivity contribution < 1.29 is 19.2 Å². The SMILES string of the molecule is COc1ccc2cc(Br)ccc2c1CN1C(=O)C(N)CN(C(=O)c2ccc([N+](=O)[O-])cc2)c2ccccc21. The molecule has 4 aromatic rings. The number of carbonyl (C=O) groups is 2. The molecule has 0 saturated carbocycles. The van der Waals surface area contributed by atoms with Crippen LogP contribution in [0.25, 0.3) is 10.8 Å². The lowest BCUT2D eigenvalue weighted by atomic mass is 10.0. The number of nitro benzene ring substituents is 1. The van der Waals surface area contributed by atoms with Gasteiger partial charge in [0.1, 0.15) is 11.8 Å². The lowest BCUT2D eigenvalue weighted by molar-refractivity contribution is -0.384.